The monoisotopic (exact) mass is 350 g/mol. The molecule has 0 atom stereocenters. The van der Waals surface area contributed by atoms with Crippen molar-refractivity contribution in [2.24, 2.45) is 0 Å². The van der Waals surface area contributed by atoms with E-state index in [2.05, 4.69) is 20.7 Å². The van der Waals surface area contributed by atoms with Crippen LogP contribution in [0.3, 0.4) is 0 Å². The lowest BCUT2D eigenvalue weighted by Gasteiger charge is -2.10. The SMILES string of the molecule is COC(=O)c1ccc(OCc2ccc(OC)cc2)c(Br)c1. The van der Waals surface area contributed by atoms with E-state index in [0.29, 0.717) is 22.4 Å². The summed E-state index contributed by atoms with van der Waals surface area (Å²) in [4.78, 5) is 11.4. The molecule has 0 amide bonds. The fourth-order valence-electron chi connectivity index (χ4n) is 1.75. The van der Waals surface area contributed by atoms with Gasteiger partial charge in [0.2, 0.25) is 0 Å². The normalized spacial score (nSPS) is 10.0. The summed E-state index contributed by atoms with van der Waals surface area (Å²) >= 11 is 3.39. The maximum absolute atomic E-state index is 11.4. The van der Waals surface area contributed by atoms with Crippen LogP contribution in [0.15, 0.2) is 46.9 Å². The van der Waals surface area contributed by atoms with Gasteiger partial charge in [0.25, 0.3) is 0 Å². The Morgan fingerprint density at radius 1 is 1.10 bits per heavy atom. The first-order valence-corrected chi connectivity index (χ1v) is 7.07. The Hall–Kier alpha value is -2.01. The van der Waals surface area contributed by atoms with Crippen LogP contribution in [0.5, 0.6) is 11.5 Å². The standard InChI is InChI=1S/C16H15BrO4/c1-19-13-6-3-11(4-7-13)10-21-15-8-5-12(9-14(15)17)16(18)20-2/h3-9H,10H2,1-2H3. The Labute approximate surface area is 131 Å². The van der Waals surface area contributed by atoms with Crippen molar-refractivity contribution in [3.8, 4) is 11.5 Å². The number of ether oxygens (including phenoxy) is 3. The van der Waals surface area contributed by atoms with Gasteiger partial charge in [0.1, 0.15) is 18.1 Å². The molecule has 0 N–H and O–H groups in total. The van der Waals surface area contributed by atoms with Crippen LogP contribution in [0.4, 0.5) is 0 Å². The minimum atomic E-state index is -0.377. The smallest absolute Gasteiger partial charge is 0.337 e. The lowest BCUT2D eigenvalue weighted by molar-refractivity contribution is 0.0600. The molecule has 0 saturated heterocycles. The lowest BCUT2D eigenvalue weighted by atomic mass is 10.2. The highest BCUT2D eigenvalue weighted by atomic mass is 79.9. The van der Waals surface area contributed by atoms with E-state index < -0.39 is 0 Å². The maximum atomic E-state index is 11.4. The third-order valence-electron chi connectivity index (χ3n) is 2.91. The molecule has 0 unspecified atom stereocenters. The fraction of sp³-hybridized carbons (Fsp3) is 0.188. The number of esters is 1. The first-order chi connectivity index (χ1) is 10.1. The summed E-state index contributed by atoms with van der Waals surface area (Å²) in [5.74, 6) is 1.10. The van der Waals surface area contributed by atoms with Gasteiger partial charge in [-0.1, -0.05) is 12.1 Å². The van der Waals surface area contributed by atoms with Crippen molar-refractivity contribution in [3.05, 3.63) is 58.1 Å². The molecule has 2 aromatic rings. The molecule has 0 heterocycles. The highest BCUT2D eigenvalue weighted by Gasteiger charge is 2.09. The summed E-state index contributed by atoms with van der Waals surface area (Å²) in [5, 5.41) is 0. The minimum Gasteiger partial charge on any atom is -0.497 e. The maximum Gasteiger partial charge on any atom is 0.337 e. The van der Waals surface area contributed by atoms with Crippen LogP contribution < -0.4 is 9.47 Å². The molecule has 0 aromatic heterocycles. The molecule has 2 aromatic carbocycles. The van der Waals surface area contributed by atoms with E-state index in [1.807, 2.05) is 24.3 Å². The largest absolute Gasteiger partial charge is 0.497 e. The van der Waals surface area contributed by atoms with Gasteiger partial charge in [-0.3, -0.25) is 0 Å². The van der Waals surface area contributed by atoms with Gasteiger partial charge in [0.05, 0.1) is 24.3 Å². The van der Waals surface area contributed by atoms with Crippen LogP contribution in [0.1, 0.15) is 15.9 Å². The van der Waals surface area contributed by atoms with E-state index in [1.54, 1.807) is 25.3 Å². The third kappa shape index (κ3) is 3.98. The van der Waals surface area contributed by atoms with Gasteiger partial charge >= 0.3 is 5.97 Å². The summed E-state index contributed by atoms with van der Waals surface area (Å²) in [7, 11) is 2.98. The van der Waals surface area contributed by atoms with E-state index >= 15 is 0 Å². The molecule has 110 valence electrons. The highest BCUT2D eigenvalue weighted by molar-refractivity contribution is 9.10. The van der Waals surface area contributed by atoms with Crippen LogP contribution >= 0.6 is 15.9 Å². The Morgan fingerprint density at radius 3 is 2.38 bits per heavy atom. The molecule has 4 nitrogen and oxygen atoms in total. The Bertz CT molecular complexity index is 623. The van der Waals surface area contributed by atoms with Gasteiger partial charge in [-0.25, -0.2) is 4.79 Å². The predicted octanol–water partition coefficient (Wildman–Crippen LogP) is 3.82. The molecule has 0 fully saturated rings. The zero-order valence-electron chi connectivity index (χ0n) is 11.8. The van der Waals surface area contributed by atoms with Crippen LogP contribution in [-0.2, 0) is 11.3 Å². The van der Waals surface area contributed by atoms with Crippen molar-refractivity contribution in [3.63, 3.8) is 0 Å². The first-order valence-electron chi connectivity index (χ1n) is 6.27. The van der Waals surface area contributed by atoms with Crippen molar-refractivity contribution in [1.29, 1.82) is 0 Å². The second-order valence-electron chi connectivity index (χ2n) is 4.27. The molecule has 21 heavy (non-hydrogen) atoms. The van der Waals surface area contributed by atoms with Crippen LogP contribution in [0.25, 0.3) is 0 Å². The number of benzene rings is 2. The Kier molecular flexibility index (Phi) is 5.22. The van der Waals surface area contributed by atoms with Crippen molar-refractivity contribution < 1.29 is 19.0 Å². The van der Waals surface area contributed by atoms with Gasteiger partial charge < -0.3 is 14.2 Å². The summed E-state index contributed by atoms with van der Waals surface area (Å²) in [6.07, 6.45) is 0. The van der Waals surface area contributed by atoms with Gasteiger partial charge in [-0.05, 0) is 51.8 Å². The molecule has 5 heteroatoms. The fourth-order valence-corrected chi connectivity index (χ4v) is 2.24. The average molecular weight is 351 g/mol. The second-order valence-corrected chi connectivity index (χ2v) is 5.13. The third-order valence-corrected chi connectivity index (χ3v) is 3.53. The quantitative estimate of drug-likeness (QED) is 0.769. The van der Waals surface area contributed by atoms with E-state index in [-0.39, 0.29) is 5.97 Å². The van der Waals surface area contributed by atoms with E-state index in [1.165, 1.54) is 7.11 Å². The molecule has 0 radical (unpaired) electrons. The molecule has 2 rings (SSSR count). The minimum absolute atomic E-state index is 0.377. The summed E-state index contributed by atoms with van der Waals surface area (Å²) < 4.78 is 16.2. The first kappa shape index (κ1) is 15.4. The van der Waals surface area contributed by atoms with E-state index in [9.17, 15) is 4.79 Å². The molecule has 0 aliphatic carbocycles. The average Bonchev–Trinajstić information content (AvgIpc) is 2.53. The zero-order valence-corrected chi connectivity index (χ0v) is 13.3. The molecule has 0 saturated carbocycles. The molecule has 0 aliphatic rings. The highest BCUT2D eigenvalue weighted by Crippen LogP contribution is 2.27. The van der Waals surface area contributed by atoms with Gasteiger partial charge in [-0.2, -0.15) is 0 Å². The Morgan fingerprint density at radius 2 is 1.81 bits per heavy atom. The Balaban J connectivity index is 2.04. The van der Waals surface area contributed by atoms with Crippen LogP contribution in [0.2, 0.25) is 0 Å². The van der Waals surface area contributed by atoms with Crippen LogP contribution in [-0.4, -0.2) is 20.2 Å². The van der Waals surface area contributed by atoms with Gasteiger partial charge in [-0.15, -0.1) is 0 Å². The summed E-state index contributed by atoms with van der Waals surface area (Å²) in [6.45, 7) is 0.431. The number of carbonyl (C=O) groups is 1. The number of methoxy groups -OCH3 is 2. The second kappa shape index (κ2) is 7.13. The number of rotatable bonds is 5. The molecule has 0 bridgehead atoms. The van der Waals surface area contributed by atoms with Crippen LogP contribution in [0, 0.1) is 0 Å². The topological polar surface area (TPSA) is 44.8 Å². The summed E-state index contributed by atoms with van der Waals surface area (Å²) in [6, 6.07) is 12.7. The van der Waals surface area contributed by atoms with Gasteiger partial charge in [0, 0.05) is 0 Å². The molecular weight excluding hydrogens is 336 g/mol. The van der Waals surface area contributed by atoms with E-state index in [4.69, 9.17) is 9.47 Å². The predicted molar refractivity (Wildman–Crippen MR) is 82.8 cm³/mol. The lowest BCUT2D eigenvalue weighted by Crippen LogP contribution is -2.02. The molecule has 0 spiro atoms. The van der Waals surface area contributed by atoms with E-state index in [0.717, 1.165) is 11.3 Å². The van der Waals surface area contributed by atoms with Gasteiger partial charge in [0.15, 0.2) is 0 Å². The molecular formula is C16H15BrO4. The summed E-state index contributed by atoms with van der Waals surface area (Å²) in [5.41, 5.74) is 1.50. The zero-order chi connectivity index (χ0) is 15.2. The number of hydrogen-bond acceptors (Lipinski definition) is 4. The number of carbonyl (C=O) groups excluding carboxylic acids is 1. The number of hydrogen-bond donors (Lipinski definition) is 0. The van der Waals surface area contributed by atoms with Crippen molar-refractivity contribution >= 4 is 21.9 Å². The van der Waals surface area contributed by atoms with Crippen molar-refractivity contribution in [2.45, 2.75) is 6.61 Å². The van der Waals surface area contributed by atoms with Crippen molar-refractivity contribution in [2.75, 3.05) is 14.2 Å². The van der Waals surface area contributed by atoms with Crippen molar-refractivity contribution in [1.82, 2.24) is 0 Å². The molecule has 0 aliphatic heterocycles. The number of halogens is 1.